The number of tetrazole rings is 1. The highest BCUT2D eigenvalue weighted by Gasteiger charge is 2.35. The fourth-order valence-corrected chi connectivity index (χ4v) is 4.95. The molecule has 0 saturated carbocycles. The van der Waals surface area contributed by atoms with Crippen molar-refractivity contribution in [1.82, 2.24) is 45.7 Å². The quantitative estimate of drug-likeness (QED) is 0.484. The van der Waals surface area contributed by atoms with Crippen molar-refractivity contribution in [3.63, 3.8) is 0 Å². The van der Waals surface area contributed by atoms with Crippen molar-refractivity contribution in [2.24, 2.45) is 0 Å². The van der Waals surface area contributed by atoms with Crippen molar-refractivity contribution in [3.05, 3.63) is 29.3 Å². The summed E-state index contributed by atoms with van der Waals surface area (Å²) < 4.78 is 12.9. The van der Waals surface area contributed by atoms with Crippen LogP contribution in [0.25, 0.3) is 0 Å². The Kier molecular flexibility index (Phi) is 5.80. The minimum absolute atomic E-state index is 0.132. The molecule has 33 heavy (non-hydrogen) atoms. The maximum absolute atomic E-state index is 5.58. The Hall–Kier alpha value is -2.81. The first-order chi connectivity index (χ1) is 16.3. The van der Waals surface area contributed by atoms with Crippen LogP contribution < -0.4 is 15.1 Å². The Morgan fingerprint density at radius 1 is 1.03 bits per heavy atom. The molecule has 0 aromatic carbocycles. The zero-order chi connectivity index (χ0) is 22.0. The summed E-state index contributed by atoms with van der Waals surface area (Å²) in [5.41, 5.74) is 2.68. The van der Waals surface area contributed by atoms with Crippen LogP contribution in [0.15, 0.2) is 17.9 Å². The van der Waals surface area contributed by atoms with E-state index in [1.54, 1.807) is 16.8 Å². The van der Waals surface area contributed by atoms with Crippen LogP contribution in [0.1, 0.15) is 29.9 Å². The van der Waals surface area contributed by atoms with Crippen molar-refractivity contribution in [2.45, 2.75) is 24.5 Å². The third-order valence-corrected chi connectivity index (χ3v) is 6.97. The van der Waals surface area contributed by atoms with E-state index in [1.165, 1.54) is 0 Å². The number of hydrogen-bond donors (Lipinski definition) is 1. The van der Waals surface area contributed by atoms with Gasteiger partial charge in [-0.15, -0.1) is 15.3 Å². The van der Waals surface area contributed by atoms with Crippen LogP contribution >= 0.6 is 11.3 Å². The van der Waals surface area contributed by atoms with Gasteiger partial charge in [0.15, 0.2) is 5.82 Å². The molecule has 13 nitrogen and oxygen atoms in total. The molecule has 2 unspecified atom stereocenters. The van der Waals surface area contributed by atoms with E-state index in [0.717, 1.165) is 61.7 Å². The first kappa shape index (κ1) is 20.8. The normalized spacial score (nSPS) is 22.5. The van der Waals surface area contributed by atoms with E-state index in [1.807, 2.05) is 17.1 Å². The van der Waals surface area contributed by atoms with Gasteiger partial charge in [0, 0.05) is 56.8 Å². The van der Waals surface area contributed by atoms with Gasteiger partial charge in [0.1, 0.15) is 5.51 Å². The van der Waals surface area contributed by atoms with Gasteiger partial charge < -0.3 is 19.3 Å². The molecule has 14 heteroatoms. The van der Waals surface area contributed by atoms with Gasteiger partial charge in [0.2, 0.25) is 11.1 Å². The average molecular weight is 472 g/mol. The molecule has 0 bridgehead atoms. The third kappa shape index (κ3) is 4.26. The van der Waals surface area contributed by atoms with Crippen LogP contribution in [0, 0.1) is 0 Å². The fourth-order valence-electron chi connectivity index (χ4n) is 4.37. The Labute approximate surface area is 194 Å². The lowest BCUT2D eigenvalue weighted by Gasteiger charge is -2.41. The van der Waals surface area contributed by atoms with Gasteiger partial charge in [0.05, 0.1) is 31.9 Å². The largest absolute Gasteiger partial charge is 0.379 e. The summed E-state index contributed by atoms with van der Waals surface area (Å²) in [4.78, 5) is 13.7. The molecule has 3 aromatic heterocycles. The first-order valence-electron chi connectivity index (χ1n) is 11.1. The molecule has 3 saturated heterocycles. The summed E-state index contributed by atoms with van der Waals surface area (Å²) in [5, 5.41) is 25.4. The lowest BCUT2D eigenvalue weighted by atomic mass is 10.0. The summed E-state index contributed by atoms with van der Waals surface area (Å²) in [6, 6.07) is 0.149. The Bertz CT molecular complexity index is 1030. The highest BCUT2D eigenvalue weighted by atomic mass is 32.1. The molecule has 0 aliphatic carbocycles. The van der Waals surface area contributed by atoms with Gasteiger partial charge in [-0.2, -0.15) is 0 Å². The van der Waals surface area contributed by atoms with E-state index in [4.69, 9.17) is 9.47 Å². The van der Waals surface area contributed by atoms with E-state index >= 15 is 0 Å². The molecule has 2 atom stereocenters. The summed E-state index contributed by atoms with van der Waals surface area (Å²) in [6.07, 6.45) is 4.65. The number of hydrogen-bond acceptors (Lipinski definition) is 13. The molecule has 1 N–H and O–H groups in total. The number of aromatic nitrogens is 8. The summed E-state index contributed by atoms with van der Waals surface area (Å²) >= 11 is 1.55. The topological polar surface area (TPSA) is 132 Å². The van der Waals surface area contributed by atoms with Gasteiger partial charge in [0.25, 0.3) is 0 Å². The zero-order valence-corrected chi connectivity index (χ0v) is 18.8. The lowest BCUT2D eigenvalue weighted by Crippen LogP contribution is -2.59. The van der Waals surface area contributed by atoms with Crippen molar-refractivity contribution in [2.75, 3.05) is 62.4 Å². The SMILES string of the molecule is c1nnc(N2CC(NC(c3cnc(N4CCOCC4)nc3)c3nnnn3C3CCOC3)C2)s1. The predicted octanol–water partition coefficient (Wildman–Crippen LogP) is -0.320. The van der Waals surface area contributed by atoms with Crippen LogP contribution in [0.3, 0.4) is 0 Å². The molecular formula is C19H25N11O2S. The monoisotopic (exact) mass is 471 g/mol. The molecule has 0 radical (unpaired) electrons. The Morgan fingerprint density at radius 2 is 1.88 bits per heavy atom. The Morgan fingerprint density at radius 3 is 2.61 bits per heavy atom. The highest BCUT2D eigenvalue weighted by molar-refractivity contribution is 7.13. The van der Waals surface area contributed by atoms with E-state index in [9.17, 15) is 0 Å². The van der Waals surface area contributed by atoms with E-state index in [-0.39, 0.29) is 18.1 Å². The third-order valence-electron chi connectivity index (χ3n) is 6.22. The highest BCUT2D eigenvalue weighted by Crippen LogP contribution is 2.28. The molecule has 3 aromatic rings. The van der Waals surface area contributed by atoms with Gasteiger partial charge in [-0.1, -0.05) is 11.3 Å². The summed E-state index contributed by atoms with van der Waals surface area (Å²) in [5.74, 6) is 1.47. The van der Waals surface area contributed by atoms with Crippen LogP contribution in [-0.2, 0) is 9.47 Å². The second kappa shape index (κ2) is 9.21. The maximum atomic E-state index is 5.58. The molecule has 174 valence electrons. The smallest absolute Gasteiger partial charge is 0.225 e. The molecule has 3 fully saturated rings. The van der Waals surface area contributed by atoms with Gasteiger partial charge in [-0.05, 0) is 16.8 Å². The van der Waals surface area contributed by atoms with Gasteiger partial charge in [-0.25, -0.2) is 14.6 Å². The van der Waals surface area contributed by atoms with Crippen LogP contribution in [0.4, 0.5) is 11.1 Å². The van der Waals surface area contributed by atoms with E-state index in [0.29, 0.717) is 19.8 Å². The van der Waals surface area contributed by atoms with Crippen LogP contribution in [0.5, 0.6) is 0 Å². The number of nitrogens with zero attached hydrogens (tertiary/aromatic N) is 10. The first-order valence-corrected chi connectivity index (χ1v) is 12.0. The Balaban J connectivity index is 1.24. The van der Waals surface area contributed by atoms with Crippen LogP contribution in [0.2, 0.25) is 0 Å². The maximum Gasteiger partial charge on any atom is 0.225 e. The second-order valence-corrected chi connectivity index (χ2v) is 9.15. The van der Waals surface area contributed by atoms with Crippen molar-refractivity contribution >= 4 is 22.4 Å². The number of anilines is 2. The number of rotatable bonds is 7. The molecule has 6 heterocycles. The van der Waals surface area contributed by atoms with Crippen molar-refractivity contribution in [1.29, 1.82) is 0 Å². The fraction of sp³-hybridized carbons (Fsp3) is 0.632. The number of nitrogens with one attached hydrogen (secondary N) is 1. The van der Waals surface area contributed by atoms with Crippen molar-refractivity contribution in [3.8, 4) is 0 Å². The van der Waals surface area contributed by atoms with Gasteiger partial charge in [-0.3, -0.25) is 5.32 Å². The number of ether oxygens (including phenoxy) is 2. The molecule has 0 amide bonds. The standard InChI is InChI=1S/C19H25N11O2S/c1-4-32-11-15(1)30-17(24-26-27-30)16(23-14-9-29(10-14)19-25-22-12-33-19)13-7-20-18(21-8-13)28-2-5-31-6-3-28/h7-8,12,14-16,23H,1-6,9-11H2. The lowest BCUT2D eigenvalue weighted by molar-refractivity contribution is 0.122. The van der Waals surface area contributed by atoms with E-state index < -0.39 is 0 Å². The minimum Gasteiger partial charge on any atom is -0.379 e. The number of morpholine rings is 1. The zero-order valence-electron chi connectivity index (χ0n) is 18.0. The molecule has 0 spiro atoms. The molecular weight excluding hydrogens is 446 g/mol. The van der Waals surface area contributed by atoms with E-state index in [2.05, 4.69) is 50.8 Å². The van der Waals surface area contributed by atoms with Gasteiger partial charge >= 0.3 is 0 Å². The van der Waals surface area contributed by atoms with Crippen LogP contribution in [-0.4, -0.2) is 99.0 Å². The minimum atomic E-state index is -0.235. The predicted molar refractivity (Wildman–Crippen MR) is 118 cm³/mol. The molecule has 6 rings (SSSR count). The average Bonchev–Trinajstić information content (AvgIpc) is 3.62. The second-order valence-electron chi connectivity index (χ2n) is 8.34. The molecule has 3 aliphatic heterocycles. The summed E-state index contributed by atoms with van der Waals surface area (Å²) in [6.45, 7) is 6.00. The van der Waals surface area contributed by atoms with Crippen molar-refractivity contribution < 1.29 is 9.47 Å². The summed E-state index contributed by atoms with van der Waals surface area (Å²) in [7, 11) is 0. The molecule has 3 aliphatic rings.